The van der Waals surface area contributed by atoms with Gasteiger partial charge in [0.2, 0.25) is 0 Å². The Morgan fingerprint density at radius 1 is 1.37 bits per heavy atom. The maximum absolute atomic E-state index is 13.9. The Balaban J connectivity index is 1.93. The van der Waals surface area contributed by atoms with Crippen LogP contribution in [0.1, 0.15) is 43.5 Å². The molecule has 2 N–H and O–H groups in total. The van der Waals surface area contributed by atoms with Gasteiger partial charge >= 0.3 is 12.2 Å². The molecule has 27 heavy (non-hydrogen) atoms. The van der Waals surface area contributed by atoms with Crippen molar-refractivity contribution in [3.63, 3.8) is 0 Å². The first-order valence-corrected chi connectivity index (χ1v) is 9.16. The summed E-state index contributed by atoms with van der Waals surface area (Å²) in [6.45, 7) is 2.42. The van der Waals surface area contributed by atoms with Gasteiger partial charge in [0.25, 0.3) is 0 Å². The molecular formula is C19H24F3N3O2. The van der Waals surface area contributed by atoms with Crippen molar-refractivity contribution >= 4 is 16.9 Å². The number of carbonyl (C=O) groups is 1. The van der Waals surface area contributed by atoms with Gasteiger partial charge in [-0.15, -0.1) is 0 Å². The molecule has 0 bridgehead atoms. The van der Waals surface area contributed by atoms with Gasteiger partial charge in [0.1, 0.15) is 5.75 Å². The molecule has 0 saturated carbocycles. The third kappa shape index (κ3) is 3.84. The summed E-state index contributed by atoms with van der Waals surface area (Å²) < 4.78 is 46.8. The molecule has 148 valence electrons. The van der Waals surface area contributed by atoms with Gasteiger partial charge in [0, 0.05) is 24.0 Å². The van der Waals surface area contributed by atoms with Crippen LogP contribution in [-0.4, -0.2) is 42.3 Å². The molecule has 1 aromatic heterocycles. The van der Waals surface area contributed by atoms with Crippen molar-refractivity contribution in [2.45, 2.75) is 44.8 Å². The van der Waals surface area contributed by atoms with Crippen LogP contribution in [0.4, 0.5) is 18.0 Å². The molecule has 0 aliphatic carbocycles. The minimum atomic E-state index is -4.57. The number of ether oxygens (including phenoxy) is 1. The average molecular weight is 383 g/mol. The van der Waals surface area contributed by atoms with Crippen molar-refractivity contribution in [1.82, 2.24) is 15.2 Å². The summed E-state index contributed by atoms with van der Waals surface area (Å²) in [5, 5.41) is 3.34. The molecule has 8 heteroatoms. The predicted molar refractivity (Wildman–Crippen MR) is 97.0 cm³/mol. The third-order valence-electron chi connectivity index (χ3n) is 4.96. The monoisotopic (exact) mass is 383 g/mol. The molecule has 2 heterocycles. The molecule has 0 spiro atoms. The number of aromatic nitrogens is 1. The normalized spacial score (nSPS) is 17.1. The minimum absolute atomic E-state index is 0.0148. The molecule has 2 amide bonds. The number of benzene rings is 1. The standard InChI is InChI=1S/C19H24F3N3O2/c1-3-4-5-9-23-18(26)25-10-8-13-14-11-12(27-2)6-7-15(14)24-16(13)17(25)19(20,21)22/h6-7,11,17,24H,3-5,8-10H2,1-2H3,(H,23,26). The number of nitrogens with one attached hydrogen (secondary N) is 2. The highest BCUT2D eigenvalue weighted by Crippen LogP contribution is 2.44. The fraction of sp³-hybridized carbons (Fsp3) is 0.526. The van der Waals surface area contributed by atoms with E-state index < -0.39 is 18.2 Å². The van der Waals surface area contributed by atoms with Gasteiger partial charge in [-0.2, -0.15) is 13.2 Å². The predicted octanol–water partition coefficient (Wildman–Crippen LogP) is 4.54. The number of methoxy groups -OCH3 is 1. The number of halogens is 3. The lowest BCUT2D eigenvalue weighted by molar-refractivity contribution is -0.181. The Hall–Kier alpha value is -2.38. The van der Waals surface area contributed by atoms with E-state index in [1.807, 2.05) is 6.92 Å². The number of H-pyrrole nitrogens is 1. The Morgan fingerprint density at radius 2 is 2.15 bits per heavy atom. The third-order valence-corrected chi connectivity index (χ3v) is 4.96. The summed E-state index contributed by atoms with van der Waals surface area (Å²) in [4.78, 5) is 16.2. The first kappa shape index (κ1) is 19.4. The van der Waals surface area contributed by atoms with Crippen LogP contribution in [0.15, 0.2) is 18.2 Å². The first-order chi connectivity index (χ1) is 12.9. The number of aromatic amines is 1. The van der Waals surface area contributed by atoms with Crippen molar-refractivity contribution in [3.8, 4) is 5.75 Å². The second kappa shape index (κ2) is 7.70. The smallest absolute Gasteiger partial charge is 0.414 e. The highest BCUT2D eigenvalue weighted by molar-refractivity contribution is 5.87. The van der Waals surface area contributed by atoms with E-state index in [4.69, 9.17) is 4.74 Å². The van der Waals surface area contributed by atoms with Crippen molar-refractivity contribution in [2.75, 3.05) is 20.2 Å². The number of amides is 2. The van der Waals surface area contributed by atoms with Gasteiger partial charge in [-0.05, 0) is 36.6 Å². The quantitative estimate of drug-likeness (QED) is 0.745. The zero-order valence-corrected chi connectivity index (χ0v) is 15.4. The fourth-order valence-electron chi connectivity index (χ4n) is 3.63. The lowest BCUT2D eigenvalue weighted by Gasteiger charge is -2.36. The van der Waals surface area contributed by atoms with E-state index in [0.29, 0.717) is 35.2 Å². The summed E-state index contributed by atoms with van der Waals surface area (Å²) in [6.07, 6.45) is -1.55. The second-order valence-corrected chi connectivity index (χ2v) is 6.76. The van der Waals surface area contributed by atoms with Crippen LogP contribution in [0.25, 0.3) is 10.9 Å². The van der Waals surface area contributed by atoms with E-state index in [-0.39, 0.29) is 12.2 Å². The SMILES string of the molecule is CCCCCNC(=O)N1CCc2c([nH]c3ccc(OC)cc23)C1C(F)(F)F. The number of nitrogens with zero attached hydrogens (tertiary/aromatic N) is 1. The number of rotatable bonds is 5. The number of hydrogen-bond acceptors (Lipinski definition) is 2. The summed E-state index contributed by atoms with van der Waals surface area (Å²) in [6, 6.07) is 2.49. The van der Waals surface area contributed by atoms with Crippen molar-refractivity contribution in [3.05, 3.63) is 29.5 Å². The molecule has 1 unspecified atom stereocenters. The number of hydrogen-bond donors (Lipinski definition) is 2. The number of unbranched alkanes of at least 4 members (excludes halogenated alkanes) is 2. The molecule has 0 fully saturated rings. The average Bonchev–Trinajstić information content (AvgIpc) is 3.00. The van der Waals surface area contributed by atoms with Crippen molar-refractivity contribution < 1.29 is 22.7 Å². The highest BCUT2D eigenvalue weighted by Gasteiger charge is 2.50. The Bertz CT molecular complexity index is 816. The molecule has 0 radical (unpaired) electrons. The van der Waals surface area contributed by atoms with E-state index >= 15 is 0 Å². The van der Waals surface area contributed by atoms with Gasteiger partial charge in [0.15, 0.2) is 6.04 Å². The lowest BCUT2D eigenvalue weighted by Crippen LogP contribution is -2.50. The fourth-order valence-corrected chi connectivity index (χ4v) is 3.63. The van der Waals surface area contributed by atoms with Crippen LogP contribution in [0.5, 0.6) is 5.75 Å². The van der Waals surface area contributed by atoms with Crippen molar-refractivity contribution in [1.29, 1.82) is 0 Å². The topological polar surface area (TPSA) is 57.4 Å². The number of fused-ring (bicyclic) bond motifs is 3. The molecule has 2 aromatic rings. The van der Waals surface area contributed by atoms with Gasteiger partial charge < -0.3 is 19.9 Å². The molecule has 1 aliphatic rings. The van der Waals surface area contributed by atoms with Gasteiger partial charge in [-0.3, -0.25) is 0 Å². The molecule has 1 aliphatic heterocycles. The molecule has 1 aromatic carbocycles. The van der Waals surface area contributed by atoms with Crippen molar-refractivity contribution in [2.24, 2.45) is 0 Å². The zero-order valence-electron chi connectivity index (χ0n) is 15.4. The summed E-state index contributed by atoms with van der Waals surface area (Å²) in [5.74, 6) is 0.587. The number of urea groups is 1. The molecule has 0 saturated heterocycles. The lowest BCUT2D eigenvalue weighted by atomic mass is 9.97. The largest absolute Gasteiger partial charge is 0.497 e. The molecular weight excluding hydrogens is 359 g/mol. The van der Waals surface area contributed by atoms with Crippen LogP contribution in [-0.2, 0) is 6.42 Å². The first-order valence-electron chi connectivity index (χ1n) is 9.16. The van der Waals surface area contributed by atoms with E-state index in [1.165, 1.54) is 7.11 Å². The number of carbonyl (C=O) groups excluding carboxylic acids is 1. The Morgan fingerprint density at radius 3 is 2.81 bits per heavy atom. The minimum Gasteiger partial charge on any atom is -0.497 e. The van der Waals surface area contributed by atoms with Gasteiger partial charge in [-0.1, -0.05) is 19.8 Å². The van der Waals surface area contributed by atoms with E-state index in [0.717, 1.165) is 24.2 Å². The van der Waals surface area contributed by atoms with E-state index in [2.05, 4.69) is 10.3 Å². The van der Waals surface area contributed by atoms with E-state index in [1.54, 1.807) is 18.2 Å². The van der Waals surface area contributed by atoms with Gasteiger partial charge in [-0.25, -0.2) is 4.79 Å². The van der Waals surface area contributed by atoms with E-state index in [9.17, 15) is 18.0 Å². The maximum atomic E-state index is 13.9. The highest BCUT2D eigenvalue weighted by atomic mass is 19.4. The van der Waals surface area contributed by atoms with Gasteiger partial charge in [0.05, 0.1) is 12.8 Å². The molecule has 5 nitrogen and oxygen atoms in total. The zero-order chi connectivity index (χ0) is 19.6. The number of alkyl halides is 3. The van der Waals surface area contributed by atoms with Crippen LogP contribution >= 0.6 is 0 Å². The van der Waals surface area contributed by atoms with Crippen LogP contribution in [0.2, 0.25) is 0 Å². The molecule has 3 rings (SSSR count). The molecule has 1 atom stereocenters. The maximum Gasteiger partial charge on any atom is 0.414 e. The second-order valence-electron chi connectivity index (χ2n) is 6.76. The summed E-state index contributed by atoms with van der Waals surface area (Å²) >= 11 is 0. The Labute approximate surface area is 155 Å². The van der Waals surface area contributed by atoms with Crippen LogP contribution in [0.3, 0.4) is 0 Å². The summed E-state index contributed by atoms with van der Waals surface area (Å²) in [7, 11) is 1.52. The summed E-state index contributed by atoms with van der Waals surface area (Å²) in [5.41, 5.74) is 1.25. The van der Waals surface area contributed by atoms with Crippen LogP contribution < -0.4 is 10.1 Å². The van der Waals surface area contributed by atoms with Crippen LogP contribution in [0, 0.1) is 0 Å². The Kier molecular flexibility index (Phi) is 5.53.